The van der Waals surface area contributed by atoms with Crippen molar-refractivity contribution < 1.29 is 32.2 Å². The molecule has 0 bridgehead atoms. The van der Waals surface area contributed by atoms with E-state index < -0.39 is 18.2 Å². The van der Waals surface area contributed by atoms with Crippen LogP contribution in [0.5, 0.6) is 11.8 Å². The van der Waals surface area contributed by atoms with Crippen LogP contribution >= 0.6 is 0 Å². The molecule has 5 nitrogen and oxygen atoms in total. The molecule has 1 heterocycles. The van der Waals surface area contributed by atoms with Gasteiger partial charge in [-0.3, -0.25) is 0 Å². The van der Waals surface area contributed by atoms with Crippen LogP contribution in [-0.4, -0.2) is 31.0 Å². The van der Waals surface area contributed by atoms with Crippen molar-refractivity contribution in [3.8, 4) is 11.8 Å². The van der Waals surface area contributed by atoms with Crippen molar-refractivity contribution in [2.24, 2.45) is 0 Å². The third kappa shape index (κ3) is 4.01. The molecule has 1 aromatic rings. The van der Waals surface area contributed by atoms with E-state index in [0.717, 1.165) is 6.07 Å². The first-order valence-corrected chi connectivity index (χ1v) is 5.27. The van der Waals surface area contributed by atoms with E-state index in [0.29, 0.717) is 0 Å². The maximum Gasteiger partial charge on any atom is 0.574 e. The van der Waals surface area contributed by atoms with Crippen LogP contribution in [0, 0.1) is 6.92 Å². The second kappa shape index (κ2) is 5.77. The molecule has 19 heavy (non-hydrogen) atoms. The lowest BCUT2D eigenvalue weighted by Gasteiger charge is -2.13. The van der Waals surface area contributed by atoms with Crippen LogP contribution in [0.4, 0.5) is 13.2 Å². The van der Waals surface area contributed by atoms with Gasteiger partial charge in [0.15, 0.2) is 0 Å². The highest BCUT2D eigenvalue weighted by molar-refractivity contribution is 5.91. The van der Waals surface area contributed by atoms with E-state index in [4.69, 9.17) is 9.47 Å². The van der Waals surface area contributed by atoms with Crippen LogP contribution in [0.3, 0.4) is 0 Å². The monoisotopic (exact) mass is 279 g/mol. The lowest BCUT2D eigenvalue weighted by molar-refractivity contribution is -0.276. The smallest absolute Gasteiger partial charge is 0.481 e. The van der Waals surface area contributed by atoms with Gasteiger partial charge in [-0.25, -0.2) is 4.79 Å². The maximum atomic E-state index is 12.1. The van der Waals surface area contributed by atoms with E-state index in [-0.39, 0.29) is 23.6 Å². The average molecular weight is 279 g/mol. The normalized spacial score (nSPS) is 11.1. The Labute approximate surface area is 107 Å². The second-order valence-electron chi connectivity index (χ2n) is 3.41. The topological polar surface area (TPSA) is 57.7 Å². The summed E-state index contributed by atoms with van der Waals surface area (Å²) >= 11 is 0. The van der Waals surface area contributed by atoms with Gasteiger partial charge in [0.2, 0.25) is 11.8 Å². The molecule has 0 spiro atoms. The summed E-state index contributed by atoms with van der Waals surface area (Å²) < 4.78 is 49.6. The molecule has 1 aromatic heterocycles. The minimum Gasteiger partial charge on any atom is -0.481 e. The van der Waals surface area contributed by atoms with Crippen LogP contribution in [0.15, 0.2) is 6.07 Å². The lowest BCUT2D eigenvalue weighted by Crippen LogP contribution is -2.19. The van der Waals surface area contributed by atoms with E-state index in [1.165, 1.54) is 14.0 Å². The molecule has 0 unspecified atom stereocenters. The molecular weight excluding hydrogens is 267 g/mol. The lowest BCUT2D eigenvalue weighted by atomic mass is 10.1. The highest BCUT2D eigenvalue weighted by Gasteiger charge is 2.33. The molecule has 0 aromatic carbocycles. The molecule has 8 heteroatoms. The summed E-state index contributed by atoms with van der Waals surface area (Å²) in [7, 11) is 1.22. The molecule has 0 saturated carbocycles. The van der Waals surface area contributed by atoms with E-state index in [2.05, 4.69) is 9.72 Å². The van der Waals surface area contributed by atoms with Gasteiger partial charge >= 0.3 is 12.3 Å². The van der Waals surface area contributed by atoms with Crippen molar-refractivity contribution in [1.29, 1.82) is 0 Å². The fraction of sp³-hybridized carbons (Fsp3) is 0.455. The van der Waals surface area contributed by atoms with Gasteiger partial charge in [-0.2, -0.15) is 4.98 Å². The number of esters is 1. The van der Waals surface area contributed by atoms with Crippen LogP contribution in [0.1, 0.15) is 22.8 Å². The molecule has 0 aliphatic carbocycles. The van der Waals surface area contributed by atoms with Crippen LogP contribution in [-0.2, 0) is 4.74 Å². The van der Waals surface area contributed by atoms with Gasteiger partial charge in [0, 0.05) is 11.6 Å². The first kappa shape index (κ1) is 15.1. The number of carbonyl (C=O) groups is 1. The summed E-state index contributed by atoms with van der Waals surface area (Å²) in [6.45, 7) is 3.16. The number of rotatable bonds is 4. The van der Waals surface area contributed by atoms with Gasteiger partial charge in [0.25, 0.3) is 0 Å². The molecule has 0 aliphatic rings. The van der Waals surface area contributed by atoms with E-state index in [9.17, 15) is 18.0 Å². The van der Waals surface area contributed by atoms with Gasteiger partial charge in [-0.1, -0.05) is 0 Å². The van der Waals surface area contributed by atoms with Gasteiger partial charge < -0.3 is 14.2 Å². The van der Waals surface area contributed by atoms with E-state index >= 15 is 0 Å². The zero-order valence-corrected chi connectivity index (χ0v) is 10.5. The number of alkyl halides is 3. The zero-order valence-electron chi connectivity index (χ0n) is 10.5. The first-order valence-electron chi connectivity index (χ1n) is 5.27. The molecular formula is C11H12F3NO4. The number of aromatic nitrogens is 1. The van der Waals surface area contributed by atoms with Crippen molar-refractivity contribution in [3.63, 3.8) is 0 Å². The number of ether oxygens (including phenoxy) is 3. The minimum atomic E-state index is -4.90. The quantitative estimate of drug-likeness (QED) is 0.792. The van der Waals surface area contributed by atoms with Crippen molar-refractivity contribution in [2.45, 2.75) is 20.2 Å². The standard InChI is InChI=1S/C11H12F3NO4/c1-4-18-10(16)7-5-8(19-11(12,13)14)15-9(17-3)6(7)2/h5H,4H2,1-3H3. The van der Waals surface area contributed by atoms with Gasteiger partial charge in [-0.15, -0.1) is 13.2 Å². The molecule has 0 aliphatic heterocycles. The molecule has 0 saturated heterocycles. The van der Waals surface area contributed by atoms with Gasteiger partial charge in [-0.05, 0) is 13.8 Å². The number of nitrogens with zero attached hydrogens (tertiary/aromatic N) is 1. The molecule has 1 rings (SSSR count). The Morgan fingerprint density at radius 3 is 2.53 bits per heavy atom. The summed E-state index contributed by atoms with van der Waals surface area (Å²) in [5, 5.41) is 0. The number of hydrogen-bond acceptors (Lipinski definition) is 5. The van der Waals surface area contributed by atoms with Crippen LogP contribution < -0.4 is 9.47 Å². The van der Waals surface area contributed by atoms with Crippen LogP contribution in [0.25, 0.3) is 0 Å². The third-order valence-corrected chi connectivity index (χ3v) is 2.11. The van der Waals surface area contributed by atoms with Crippen molar-refractivity contribution in [3.05, 3.63) is 17.2 Å². The predicted octanol–water partition coefficient (Wildman–Crippen LogP) is 2.47. The highest BCUT2D eigenvalue weighted by Crippen LogP contribution is 2.28. The van der Waals surface area contributed by atoms with E-state index in [1.807, 2.05) is 0 Å². The third-order valence-electron chi connectivity index (χ3n) is 2.11. The van der Waals surface area contributed by atoms with Crippen LogP contribution in [0.2, 0.25) is 0 Å². The first-order chi connectivity index (χ1) is 8.78. The molecule has 0 N–H and O–H groups in total. The van der Waals surface area contributed by atoms with Crippen molar-refractivity contribution >= 4 is 5.97 Å². The maximum absolute atomic E-state index is 12.1. The summed E-state index contributed by atoms with van der Waals surface area (Å²) in [5.74, 6) is -1.68. The molecule has 0 atom stereocenters. The Kier molecular flexibility index (Phi) is 4.57. The van der Waals surface area contributed by atoms with Gasteiger partial charge in [0.05, 0.1) is 19.3 Å². The Morgan fingerprint density at radius 1 is 1.42 bits per heavy atom. The van der Waals surface area contributed by atoms with Gasteiger partial charge in [0.1, 0.15) is 0 Å². The molecule has 0 fully saturated rings. The minimum absolute atomic E-state index is 0.0899. The Balaban J connectivity index is 3.22. The number of halogens is 3. The number of carbonyl (C=O) groups excluding carboxylic acids is 1. The Morgan fingerprint density at radius 2 is 2.05 bits per heavy atom. The number of hydrogen-bond donors (Lipinski definition) is 0. The summed E-state index contributed by atoms with van der Waals surface area (Å²) in [6, 6.07) is 0.864. The van der Waals surface area contributed by atoms with Crippen molar-refractivity contribution in [1.82, 2.24) is 4.98 Å². The molecule has 106 valence electrons. The summed E-state index contributed by atoms with van der Waals surface area (Å²) in [4.78, 5) is 15.1. The highest BCUT2D eigenvalue weighted by atomic mass is 19.4. The van der Waals surface area contributed by atoms with Crippen molar-refractivity contribution in [2.75, 3.05) is 13.7 Å². The number of pyridine rings is 1. The SMILES string of the molecule is CCOC(=O)c1cc(OC(F)(F)F)nc(OC)c1C. The molecule has 0 radical (unpaired) electrons. The summed E-state index contributed by atoms with van der Waals surface area (Å²) in [6.07, 6.45) is -4.90. The largest absolute Gasteiger partial charge is 0.574 e. The fourth-order valence-electron chi connectivity index (χ4n) is 1.35. The fourth-order valence-corrected chi connectivity index (χ4v) is 1.35. The summed E-state index contributed by atoms with van der Waals surface area (Å²) in [5.41, 5.74) is 0.184. The molecule has 0 amide bonds. The number of methoxy groups -OCH3 is 1. The average Bonchev–Trinajstić information content (AvgIpc) is 2.29. The second-order valence-corrected chi connectivity index (χ2v) is 3.41. The van der Waals surface area contributed by atoms with E-state index in [1.54, 1.807) is 6.92 Å². The zero-order chi connectivity index (χ0) is 14.6. The predicted molar refractivity (Wildman–Crippen MR) is 58.2 cm³/mol. The Hall–Kier alpha value is -1.99. The Bertz CT molecular complexity index is 474.